The van der Waals surface area contributed by atoms with E-state index in [4.69, 9.17) is 0 Å². The van der Waals surface area contributed by atoms with Gasteiger partial charge in [0.2, 0.25) is 0 Å². The second-order valence-electron chi connectivity index (χ2n) is 7.13. The average Bonchev–Trinajstić information content (AvgIpc) is 2.57. The van der Waals surface area contributed by atoms with Crippen LogP contribution in [0.3, 0.4) is 0 Å². The Morgan fingerprint density at radius 3 is 2.16 bits per heavy atom. The van der Waals surface area contributed by atoms with E-state index < -0.39 is 0 Å². The van der Waals surface area contributed by atoms with Crippen LogP contribution in [0.4, 0.5) is 0 Å². The minimum atomic E-state index is 0.732. The van der Waals surface area contributed by atoms with Crippen LogP contribution in [0.5, 0.6) is 0 Å². The Morgan fingerprint density at radius 1 is 1.16 bits per heavy atom. The predicted octanol–water partition coefficient (Wildman–Crippen LogP) is 2.18. The van der Waals surface area contributed by atoms with Gasteiger partial charge in [0, 0.05) is 30.7 Å². The molecule has 0 saturated carbocycles. The Morgan fingerprint density at radius 2 is 1.74 bits per heavy atom. The summed E-state index contributed by atoms with van der Waals surface area (Å²) in [4.78, 5) is 5.25. The molecule has 0 spiro atoms. The first-order valence-corrected chi connectivity index (χ1v) is 8.18. The second kappa shape index (κ2) is 6.55. The third-order valence-electron chi connectivity index (χ3n) is 4.99. The van der Waals surface area contributed by atoms with Crippen molar-refractivity contribution in [2.75, 3.05) is 27.2 Å². The molecular formula is C16H33N3. The van der Waals surface area contributed by atoms with Crippen molar-refractivity contribution in [1.29, 1.82) is 0 Å². The zero-order chi connectivity index (χ0) is 14.0. The zero-order valence-corrected chi connectivity index (χ0v) is 13.5. The normalized spacial score (nSPS) is 33.3. The molecule has 3 atom stereocenters. The fourth-order valence-electron chi connectivity index (χ4n) is 4.23. The summed E-state index contributed by atoms with van der Waals surface area (Å²) < 4.78 is 0. The Hall–Kier alpha value is -0.120. The number of piperidine rings is 1. The molecule has 2 bridgehead atoms. The van der Waals surface area contributed by atoms with E-state index in [1.54, 1.807) is 0 Å². The lowest BCUT2D eigenvalue weighted by atomic mass is 9.91. The van der Waals surface area contributed by atoms with Gasteiger partial charge in [-0.3, -0.25) is 4.90 Å². The minimum Gasteiger partial charge on any atom is -0.314 e. The Balaban J connectivity index is 2.04. The molecule has 2 aliphatic rings. The first kappa shape index (κ1) is 15.3. The minimum absolute atomic E-state index is 0.732. The van der Waals surface area contributed by atoms with Gasteiger partial charge in [-0.1, -0.05) is 20.8 Å². The Kier molecular flexibility index (Phi) is 5.27. The van der Waals surface area contributed by atoms with Gasteiger partial charge in [0.05, 0.1) is 0 Å². The predicted molar refractivity (Wildman–Crippen MR) is 82.5 cm³/mol. The SMILES string of the molecule is CCNC1CC2CCC(C1)N2C(CN(C)C)C(C)C. The Labute approximate surface area is 119 Å². The summed E-state index contributed by atoms with van der Waals surface area (Å²) in [5, 5.41) is 3.68. The summed E-state index contributed by atoms with van der Waals surface area (Å²) in [6.07, 6.45) is 5.56. The van der Waals surface area contributed by atoms with E-state index in [9.17, 15) is 0 Å². The molecule has 3 unspecified atom stereocenters. The third-order valence-corrected chi connectivity index (χ3v) is 4.99. The van der Waals surface area contributed by atoms with Gasteiger partial charge in [-0.15, -0.1) is 0 Å². The number of hydrogen-bond acceptors (Lipinski definition) is 3. The topological polar surface area (TPSA) is 18.5 Å². The van der Waals surface area contributed by atoms with Gasteiger partial charge >= 0.3 is 0 Å². The number of likely N-dealkylation sites (N-methyl/N-ethyl adjacent to an activating group) is 1. The van der Waals surface area contributed by atoms with Crippen LogP contribution in [0, 0.1) is 5.92 Å². The highest BCUT2D eigenvalue weighted by Crippen LogP contribution is 2.38. The molecule has 1 N–H and O–H groups in total. The number of nitrogens with one attached hydrogen (secondary N) is 1. The van der Waals surface area contributed by atoms with Gasteiger partial charge in [0.1, 0.15) is 0 Å². The van der Waals surface area contributed by atoms with Crippen LogP contribution in [0.2, 0.25) is 0 Å². The summed E-state index contributed by atoms with van der Waals surface area (Å²) in [5.41, 5.74) is 0. The van der Waals surface area contributed by atoms with E-state index in [0.29, 0.717) is 0 Å². The van der Waals surface area contributed by atoms with Crippen LogP contribution in [0.25, 0.3) is 0 Å². The molecule has 2 aliphatic heterocycles. The molecule has 0 aliphatic carbocycles. The summed E-state index contributed by atoms with van der Waals surface area (Å²) in [6, 6.07) is 3.16. The second-order valence-corrected chi connectivity index (χ2v) is 7.13. The molecule has 3 nitrogen and oxygen atoms in total. The van der Waals surface area contributed by atoms with E-state index >= 15 is 0 Å². The van der Waals surface area contributed by atoms with Crippen molar-refractivity contribution in [2.24, 2.45) is 5.92 Å². The van der Waals surface area contributed by atoms with Crippen LogP contribution in [-0.4, -0.2) is 61.2 Å². The van der Waals surface area contributed by atoms with E-state index in [1.165, 1.54) is 32.2 Å². The van der Waals surface area contributed by atoms with Gasteiger partial charge in [-0.05, 0) is 52.2 Å². The summed E-state index contributed by atoms with van der Waals surface area (Å²) in [5.74, 6) is 0.751. The van der Waals surface area contributed by atoms with Crippen molar-refractivity contribution < 1.29 is 0 Å². The van der Waals surface area contributed by atoms with Crippen molar-refractivity contribution in [1.82, 2.24) is 15.1 Å². The third kappa shape index (κ3) is 3.50. The van der Waals surface area contributed by atoms with E-state index in [1.807, 2.05) is 0 Å². The van der Waals surface area contributed by atoms with Gasteiger partial charge in [-0.2, -0.15) is 0 Å². The molecule has 0 aromatic rings. The molecule has 19 heavy (non-hydrogen) atoms. The summed E-state index contributed by atoms with van der Waals surface area (Å²) in [7, 11) is 4.42. The molecule has 0 aromatic carbocycles. The zero-order valence-electron chi connectivity index (χ0n) is 13.5. The number of hydrogen-bond donors (Lipinski definition) is 1. The van der Waals surface area contributed by atoms with E-state index in [0.717, 1.165) is 36.6 Å². The van der Waals surface area contributed by atoms with Crippen molar-refractivity contribution in [3.05, 3.63) is 0 Å². The fourth-order valence-corrected chi connectivity index (χ4v) is 4.23. The maximum absolute atomic E-state index is 3.68. The molecule has 0 radical (unpaired) electrons. The lowest BCUT2D eigenvalue weighted by molar-refractivity contribution is 0.0353. The van der Waals surface area contributed by atoms with Crippen molar-refractivity contribution in [3.8, 4) is 0 Å². The van der Waals surface area contributed by atoms with Crippen LogP contribution in [0.15, 0.2) is 0 Å². The average molecular weight is 267 g/mol. The smallest absolute Gasteiger partial charge is 0.0251 e. The van der Waals surface area contributed by atoms with Gasteiger partial charge in [0.15, 0.2) is 0 Å². The fraction of sp³-hybridized carbons (Fsp3) is 1.00. The molecule has 2 rings (SSSR count). The maximum atomic E-state index is 3.68. The maximum Gasteiger partial charge on any atom is 0.0251 e. The highest BCUT2D eigenvalue weighted by Gasteiger charge is 2.44. The van der Waals surface area contributed by atoms with E-state index in [2.05, 4.69) is 50.0 Å². The number of rotatable bonds is 6. The van der Waals surface area contributed by atoms with Crippen molar-refractivity contribution in [2.45, 2.75) is 70.6 Å². The van der Waals surface area contributed by atoms with Crippen LogP contribution >= 0.6 is 0 Å². The van der Waals surface area contributed by atoms with Crippen LogP contribution < -0.4 is 5.32 Å². The number of nitrogens with zero attached hydrogens (tertiary/aromatic N) is 2. The molecule has 0 aromatic heterocycles. The van der Waals surface area contributed by atoms with Crippen molar-refractivity contribution in [3.63, 3.8) is 0 Å². The molecule has 0 amide bonds. The lowest BCUT2D eigenvalue weighted by Gasteiger charge is -2.46. The van der Waals surface area contributed by atoms with Crippen molar-refractivity contribution >= 4 is 0 Å². The molecule has 2 saturated heterocycles. The van der Waals surface area contributed by atoms with E-state index in [-0.39, 0.29) is 0 Å². The molecule has 112 valence electrons. The first-order chi connectivity index (χ1) is 9.02. The summed E-state index contributed by atoms with van der Waals surface area (Å²) in [6.45, 7) is 9.34. The first-order valence-electron chi connectivity index (χ1n) is 8.18. The molecule has 3 heteroatoms. The molecule has 2 fully saturated rings. The highest BCUT2D eigenvalue weighted by molar-refractivity contribution is 5.01. The van der Waals surface area contributed by atoms with Gasteiger partial charge < -0.3 is 10.2 Å². The largest absolute Gasteiger partial charge is 0.314 e. The van der Waals surface area contributed by atoms with Crippen LogP contribution in [-0.2, 0) is 0 Å². The molecule has 2 heterocycles. The standard InChI is InChI=1S/C16H33N3/c1-6-17-13-9-14-7-8-15(10-13)19(14)16(12(2)3)11-18(4)5/h12-17H,6-11H2,1-5H3. The van der Waals surface area contributed by atoms with Gasteiger partial charge in [-0.25, -0.2) is 0 Å². The Bertz CT molecular complexity index is 263. The van der Waals surface area contributed by atoms with Gasteiger partial charge in [0.25, 0.3) is 0 Å². The highest BCUT2D eigenvalue weighted by atomic mass is 15.3. The monoisotopic (exact) mass is 267 g/mol. The summed E-state index contributed by atoms with van der Waals surface area (Å²) >= 11 is 0. The lowest BCUT2D eigenvalue weighted by Crippen LogP contribution is -2.56. The molecular weight excluding hydrogens is 234 g/mol. The quantitative estimate of drug-likeness (QED) is 0.796. The number of fused-ring (bicyclic) bond motifs is 2. The van der Waals surface area contributed by atoms with Crippen LogP contribution in [0.1, 0.15) is 46.5 Å².